The summed E-state index contributed by atoms with van der Waals surface area (Å²) in [7, 11) is 8.16. The fraction of sp³-hybridized carbons (Fsp3) is 0.609. The van der Waals surface area contributed by atoms with Gasteiger partial charge in [-0.1, -0.05) is 0 Å². The zero-order chi connectivity index (χ0) is 89.2. The van der Waals surface area contributed by atoms with Gasteiger partial charge in [-0.05, 0) is 274 Å². The Bertz CT molecular complexity index is 5050. The van der Waals surface area contributed by atoms with Gasteiger partial charge in [0.05, 0.1) is 72.0 Å². The summed E-state index contributed by atoms with van der Waals surface area (Å²) in [6, 6.07) is 6.54. The first-order chi connectivity index (χ1) is 61.5. The molecule has 8 atom stereocenters. The molecule has 0 bridgehead atoms. The van der Waals surface area contributed by atoms with E-state index in [1.807, 2.05) is 46.9 Å². The summed E-state index contributed by atoms with van der Waals surface area (Å²) < 4.78 is 162. The van der Waals surface area contributed by atoms with Gasteiger partial charge in [0.2, 0.25) is 0 Å². The van der Waals surface area contributed by atoms with Gasteiger partial charge in [0.15, 0.2) is 0 Å². The average Bonchev–Trinajstić information content (AvgIpc) is 1.68. The predicted octanol–water partition coefficient (Wildman–Crippen LogP) is 22.6. The molecule has 0 aromatic carbocycles. The first kappa shape index (κ1) is 91.3. The van der Waals surface area contributed by atoms with Crippen LogP contribution in [0.4, 0.5) is 76.0 Å². The summed E-state index contributed by atoms with van der Waals surface area (Å²) in [6.07, 6.45) is 26.2. The molecule has 20 nitrogen and oxygen atoms in total. The van der Waals surface area contributed by atoms with E-state index in [1.54, 1.807) is 24.3 Å². The second kappa shape index (κ2) is 39.4. The number of halogens is 12. The van der Waals surface area contributed by atoms with Crippen molar-refractivity contribution in [1.29, 1.82) is 0 Å². The number of nitrogens with zero attached hydrogens (tertiary/aromatic N) is 20. The largest absolute Gasteiger partial charge is 0.393 e. The Morgan fingerprint density at radius 3 is 0.711 bits per heavy atom. The molecule has 0 saturated carbocycles. The van der Waals surface area contributed by atoms with E-state index >= 15 is 0 Å². The number of hydrogen-bond acceptors (Lipinski definition) is 20. The molecule has 0 radical (unpaired) electrons. The molecule has 4 aliphatic carbocycles. The van der Waals surface area contributed by atoms with Crippen molar-refractivity contribution >= 4 is 109 Å². The highest BCUT2D eigenvalue weighted by Crippen LogP contribution is 2.47. The third-order valence-electron chi connectivity index (χ3n) is 28.0. The van der Waals surface area contributed by atoms with Crippen LogP contribution in [0.5, 0.6) is 0 Å². The molecular weight excluding hydrogens is 1740 g/mol. The fourth-order valence-corrected chi connectivity index (χ4v) is 26.0. The number of alkyl halides is 12. The van der Waals surface area contributed by atoms with Crippen molar-refractivity contribution in [3.63, 3.8) is 0 Å². The van der Waals surface area contributed by atoms with Crippen molar-refractivity contribution in [3.05, 3.63) is 139 Å². The lowest BCUT2D eigenvalue weighted by Gasteiger charge is -2.27. The predicted molar refractivity (Wildman–Crippen MR) is 481 cm³/mol. The number of anilines is 4. The van der Waals surface area contributed by atoms with Crippen molar-refractivity contribution in [2.75, 3.05) is 72.0 Å². The van der Waals surface area contributed by atoms with E-state index in [-0.39, 0.29) is 0 Å². The number of hydrogen-bond donors (Lipinski definition) is 0. The van der Waals surface area contributed by atoms with Crippen LogP contribution in [-0.2, 0) is 79.6 Å². The molecule has 36 heteroatoms. The second-order valence-electron chi connectivity index (χ2n) is 36.8. The molecule has 688 valence electrons. The molecule has 20 rings (SSSR count). The summed E-state index contributed by atoms with van der Waals surface area (Å²) in [5.74, 6) is 8.11. The van der Waals surface area contributed by atoms with Crippen LogP contribution in [0.3, 0.4) is 0 Å². The fourth-order valence-electron chi connectivity index (χ4n) is 22.0. The van der Waals surface area contributed by atoms with Gasteiger partial charge in [-0.3, -0.25) is 18.7 Å². The van der Waals surface area contributed by atoms with Crippen LogP contribution in [0.25, 0.3) is 40.9 Å². The smallest absolute Gasteiger partial charge is 0.356 e. The third-order valence-corrected chi connectivity index (χ3v) is 32.2. The van der Waals surface area contributed by atoms with E-state index in [0.29, 0.717) is 86.2 Å². The Morgan fingerprint density at radius 1 is 0.281 bits per heavy atom. The molecular formula is C92H112F12N20S4. The van der Waals surface area contributed by atoms with Crippen molar-refractivity contribution in [3.8, 4) is 0 Å². The molecule has 4 fully saturated rings. The van der Waals surface area contributed by atoms with Gasteiger partial charge >= 0.3 is 24.7 Å². The van der Waals surface area contributed by atoms with Gasteiger partial charge < -0.3 is 19.6 Å². The van der Waals surface area contributed by atoms with Gasteiger partial charge in [-0.25, -0.2) is 39.9 Å². The first-order valence-electron chi connectivity index (χ1n) is 45.7. The molecule has 4 aliphatic heterocycles. The molecule has 16 heterocycles. The molecule has 128 heavy (non-hydrogen) atoms. The molecule has 0 spiro atoms. The standard InChI is InChI=1S/4C23H28F3N5S/c4*1-30-20-6-2-5-16(19(20)13-29-30)10-15-4-3-8-31(9-7-15)21-18-11-17(12-23(24,25)26)32-22(18)28-14-27-21/h4*11,13-16H,2-10,12H2,1H3/t2*15-,16+;2*15-,16-/m1010/s1. The maximum absolute atomic E-state index is 12.9. The van der Waals surface area contributed by atoms with E-state index in [1.165, 1.54) is 173 Å². The molecule has 4 saturated heterocycles. The number of rotatable bonds is 16. The summed E-state index contributed by atoms with van der Waals surface area (Å²) in [5, 5.41) is 21.0. The first-order valence-corrected chi connectivity index (χ1v) is 49.0. The normalized spacial score (nSPS) is 22.2. The Hall–Kier alpha value is -8.64. The zero-order valence-electron chi connectivity index (χ0n) is 72.9. The highest BCUT2D eigenvalue weighted by molar-refractivity contribution is 7.19. The number of thiophene rings is 4. The van der Waals surface area contributed by atoms with E-state index in [4.69, 9.17) is 0 Å². The Labute approximate surface area is 753 Å². The lowest BCUT2D eigenvalue weighted by atomic mass is 9.79. The minimum atomic E-state index is -4.21. The highest BCUT2D eigenvalue weighted by Gasteiger charge is 2.38. The van der Waals surface area contributed by atoms with Gasteiger partial charge in [0.25, 0.3) is 0 Å². The minimum Gasteiger partial charge on any atom is -0.356 e. The number of aromatic nitrogens is 16. The molecule has 8 aliphatic rings. The van der Waals surface area contributed by atoms with E-state index in [9.17, 15) is 52.7 Å². The van der Waals surface area contributed by atoms with Gasteiger partial charge in [0.1, 0.15) is 67.9 Å². The van der Waals surface area contributed by atoms with Crippen molar-refractivity contribution < 1.29 is 52.7 Å². The van der Waals surface area contributed by atoms with Crippen LogP contribution >= 0.6 is 45.3 Å². The lowest BCUT2D eigenvalue weighted by molar-refractivity contribution is -0.127. The second-order valence-corrected chi connectivity index (χ2v) is 41.3. The summed E-state index contributed by atoms with van der Waals surface area (Å²) >= 11 is 4.48. The highest BCUT2D eigenvalue weighted by atomic mass is 32.1. The van der Waals surface area contributed by atoms with Crippen molar-refractivity contribution in [2.45, 2.75) is 254 Å². The molecule has 12 aromatic heterocycles. The molecule has 0 N–H and O–H groups in total. The maximum Gasteiger partial charge on any atom is 0.393 e. The third kappa shape index (κ3) is 22.2. The van der Waals surface area contributed by atoms with Crippen LogP contribution < -0.4 is 19.6 Å². The van der Waals surface area contributed by atoms with Crippen LogP contribution in [0.15, 0.2) is 74.4 Å². The SMILES string of the molecule is Cn1ncc2c1CCC[C@@H]2C[C@@H]1CCCN(c2ncnc3sc(CC(F)(F)F)cc23)CC1.Cn1ncc2c1CCC[C@@H]2C[C@H]1CCCN(c2ncnc3sc(CC(F)(F)F)cc23)CC1.Cn1ncc2c1CCC[C@H]2C[C@@H]1CCCN(c2ncnc3sc(CC(F)(F)F)cc23)CC1.Cn1ncc2c1CCC[C@H]2C[C@H]1CCCN(c2ncnc3sc(CC(F)(F)F)cc23)CC1. The molecule has 0 unspecified atom stereocenters. The van der Waals surface area contributed by atoms with E-state index in [0.717, 1.165) is 220 Å². The van der Waals surface area contributed by atoms with Crippen LogP contribution in [-0.4, -0.2) is 156 Å². The van der Waals surface area contributed by atoms with Crippen LogP contribution in [0.2, 0.25) is 0 Å². The Balaban J connectivity index is 0.000000120. The quantitative estimate of drug-likeness (QED) is 0.0830. The topological polar surface area (TPSA) is 187 Å². The molecule has 12 aromatic rings. The Kier molecular flexibility index (Phi) is 28.1. The van der Waals surface area contributed by atoms with Crippen molar-refractivity contribution in [2.24, 2.45) is 51.9 Å². The van der Waals surface area contributed by atoms with Gasteiger partial charge in [0, 0.05) is 123 Å². The summed E-state index contributed by atoms with van der Waals surface area (Å²) in [6.45, 7) is 7.07. The Morgan fingerprint density at radius 2 is 0.500 bits per heavy atom. The minimum absolute atomic E-state index is 0.298. The maximum atomic E-state index is 12.9. The van der Waals surface area contributed by atoms with E-state index in [2.05, 4.69) is 105 Å². The van der Waals surface area contributed by atoms with E-state index < -0.39 is 50.4 Å². The average molecular weight is 1850 g/mol. The number of aryl methyl sites for hydroxylation is 4. The lowest BCUT2D eigenvalue weighted by Crippen LogP contribution is -2.25. The van der Waals surface area contributed by atoms with Gasteiger partial charge in [-0.2, -0.15) is 73.1 Å². The summed E-state index contributed by atoms with van der Waals surface area (Å²) in [5.41, 5.74) is 11.3. The van der Waals surface area contributed by atoms with Crippen LogP contribution in [0.1, 0.15) is 242 Å². The summed E-state index contributed by atoms with van der Waals surface area (Å²) in [4.78, 5) is 47.6. The van der Waals surface area contributed by atoms with Gasteiger partial charge in [-0.15, -0.1) is 45.3 Å². The monoisotopic (exact) mass is 1850 g/mol. The van der Waals surface area contributed by atoms with Crippen molar-refractivity contribution in [1.82, 2.24) is 79.0 Å². The zero-order valence-corrected chi connectivity index (χ0v) is 76.2. The van der Waals surface area contributed by atoms with Crippen LogP contribution in [0, 0.1) is 23.7 Å². The molecule has 0 amide bonds. The number of fused-ring (bicyclic) bond motifs is 8.